The molecule has 1 aromatic carbocycles. The van der Waals surface area contributed by atoms with Crippen LogP contribution in [0, 0.1) is 5.92 Å². The van der Waals surface area contributed by atoms with Crippen LogP contribution in [-0.4, -0.2) is 16.9 Å². The molecule has 17 heavy (non-hydrogen) atoms. The number of halogens is 2. The van der Waals surface area contributed by atoms with Gasteiger partial charge >= 0.3 is 6.03 Å². The van der Waals surface area contributed by atoms with E-state index in [0.29, 0.717) is 12.5 Å². The van der Waals surface area contributed by atoms with Crippen molar-refractivity contribution in [1.82, 2.24) is 5.32 Å². The average Bonchev–Trinajstić information content (AvgIpc) is 2.88. The smallest absolute Gasteiger partial charge is 0.319 e. The zero-order chi connectivity index (χ0) is 12.3. The Balaban J connectivity index is 1.65. The molecule has 0 spiro atoms. The van der Waals surface area contributed by atoms with Gasteiger partial charge in [0.1, 0.15) is 4.33 Å². The lowest BCUT2D eigenvalue weighted by molar-refractivity contribution is 0.252. The van der Waals surface area contributed by atoms with Gasteiger partial charge in [0, 0.05) is 12.2 Å². The Labute approximate surface area is 110 Å². The summed E-state index contributed by atoms with van der Waals surface area (Å²) in [5, 5.41) is 5.51. The van der Waals surface area contributed by atoms with Crippen LogP contribution >= 0.6 is 23.2 Å². The van der Waals surface area contributed by atoms with E-state index in [1.165, 1.54) is 0 Å². The molecular weight excluding hydrogens is 259 g/mol. The summed E-state index contributed by atoms with van der Waals surface area (Å²) in [5.74, 6) is 0.308. The third-order valence-electron chi connectivity index (χ3n) is 2.77. The molecule has 0 bridgehead atoms. The first-order chi connectivity index (χ1) is 8.08. The molecule has 1 aliphatic carbocycles. The second kappa shape index (κ2) is 5.15. The lowest BCUT2D eigenvalue weighted by Crippen LogP contribution is -2.29. The van der Waals surface area contributed by atoms with Crippen molar-refractivity contribution in [1.29, 1.82) is 0 Å². The molecule has 1 aromatic rings. The molecule has 0 aromatic heterocycles. The Morgan fingerprint density at radius 1 is 1.35 bits per heavy atom. The Morgan fingerprint density at radius 2 is 2.00 bits per heavy atom. The number of nitrogens with one attached hydrogen (secondary N) is 2. The lowest BCUT2D eigenvalue weighted by atomic mass is 10.3. The van der Waals surface area contributed by atoms with E-state index in [1.54, 1.807) is 0 Å². The van der Waals surface area contributed by atoms with Gasteiger partial charge in [-0.15, -0.1) is 23.2 Å². The number of anilines is 1. The van der Waals surface area contributed by atoms with Gasteiger partial charge in [0.15, 0.2) is 0 Å². The summed E-state index contributed by atoms with van der Waals surface area (Å²) >= 11 is 11.8. The molecule has 0 radical (unpaired) electrons. The minimum atomic E-state index is -0.558. The maximum absolute atomic E-state index is 11.5. The fourth-order valence-electron chi connectivity index (χ4n) is 1.64. The number of alkyl halides is 2. The highest BCUT2D eigenvalue weighted by Crippen LogP contribution is 2.54. The highest BCUT2D eigenvalue weighted by Gasteiger charge is 2.50. The number of hydrogen-bond acceptors (Lipinski definition) is 1. The van der Waals surface area contributed by atoms with Crippen LogP contribution in [0.5, 0.6) is 0 Å². The molecule has 0 heterocycles. The van der Waals surface area contributed by atoms with E-state index in [1.807, 2.05) is 30.3 Å². The number of amides is 2. The van der Waals surface area contributed by atoms with Gasteiger partial charge in [0.25, 0.3) is 0 Å². The standard InChI is InChI=1S/C12H14Cl2N2O/c13-12(14)8-9(12)6-7-15-11(17)16-10-4-2-1-3-5-10/h1-5,9H,6-8H2,(H2,15,16,17)/t9-/m0/s1. The highest BCUT2D eigenvalue weighted by molar-refractivity contribution is 6.50. The van der Waals surface area contributed by atoms with E-state index in [2.05, 4.69) is 10.6 Å². The van der Waals surface area contributed by atoms with Crippen molar-refractivity contribution in [2.45, 2.75) is 17.2 Å². The number of rotatable bonds is 4. The van der Waals surface area contributed by atoms with Crippen molar-refractivity contribution in [2.75, 3.05) is 11.9 Å². The van der Waals surface area contributed by atoms with Crippen molar-refractivity contribution < 1.29 is 4.79 Å². The first-order valence-corrected chi connectivity index (χ1v) is 6.31. The molecule has 0 saturated heterocycles. The van der Waals surface area contributed by atoms with E-state index in [0.717, 1.165) is 18.5 Å². The monoisotopic (exact) mass is 272 g/mol. The number of benzene rings is 1. The normalized spacial score (nSPS) is 20.7. The van der Waals surface area contributed by atoms with Gasteiger partial charge in [0.05, 0.1) is 0 Å². The molecule has 0 unspecified atom stereocenters. The fourth-order valence-corrected chi connectivity index (χ4v) is 2.23. The van der Waals surface area contributed by atoms with Crippen LogP contribution in [0.4, 0.5) is 10.5 Å². The molecule has 1 aliphatic rings. The number of urea groups is 1. The van der Waals surface area contributed by atoms with Gasteiger partial charge in [-0.3, -0.25) is 0 Å². The predicted molar refractivity (Wildman–Crippen MR) is 70.6 cm³/mol. The minimum Gasteiger partial charge on any atom is -0.338 e. The third-order valence-corrected chi connectivity index (χ3v) is 3.69. The van der Waals surface area contributed by atoms with Crippen LogP contribution in [0.1, 0.15) is 12.8 Å². The molecule has 2 amide bonds. The van der Waals surface area contributed by atoms with Crippen molar-refractivity contribution in [3.8, 4) is 0 Å². The van der Waals surface area contributed by atoms with Gasteiger partial charge in [0.2, 0.25) is 0 Å². The number of carbonyl (C=O) groups is 1. The average molecular weight is 273 g/mol. The molecule has 2 N–H and O–H groups in total. The van der Waals surface area contributed by atoms with Crippen LogP contribution in [0.3, 0.4) is 0 Å². The maximum Gasteiger partial charge on any atom is 0.319 e. The van der Waals surface area contributed by atoms with E-state index >= 15 is 0 Å². The quantitative estimate of drug-likeness (QED) is 0.811. The summed E-state index contributed by atoms with van der Waals surface area (Å²) in [4.78, 5) is 11.5. The van der Waals surface area contributed by atoms with Crippen LogP contribution in [0.25, 0.3) is 0 Å². The Hall–Kier alpha value is -0.930. The van der Waals surface area contributed by atoms with Crippen molar-refractivity contribution in [2.24, 2.45) is 5.92 Å². The van der Waals surface area contributed by atoms with Gasteiger partial charge in [-0.25, -0.2) is 4.79 Å². The summed E-state index contributed by atoms with van der Waals surface area (Å²) in [6, 6.07) is 9.11. The summed E-state index contributed by atoms with van der Waals surface area (Å²) < 4.78 is -0.558. The Kier molecular flexibility index (Phi) is 3.79. The number of carbonyl (C=O) groups excluding carboxylic acids is 1. The third kappa shape index (κ3) is 3.79. The minimum absolute atomic E-state index is 0.202. The molecular formula is C12H14Cl2N2O. The molecule has 0 aliphatic heterocycles. The van der Waals surface area contributed by atoms with Crippen molar-refractivity contribution >= 4 is 34.9 Å². The first kappa shape index (κ1) is 12.5. The van der Waals surface area contributed by atoms with E-state index in [-0.39, 0.29) is 6.03 Å². The van der Waals surface area contributed by atoms with Gasteiger partial charge < -0.3 is 10.6 Å². The van der Waals surface area contributed by atoms with Crippen molar-refractivity contribution in [3.05, 3.63) is 30.3 Å². The molecule has 1 saturated carbocycles. The maximum atomic E-state index is 11.5. The fraction of sp³-hybridized carbons (Fsp3) is 0.417. The second-order valence-electron chi connectivity index (χ2n) is 4.20. The second-order valence-corrected chi connectivity index (χ2v) is 5.74. The summed E-state index contributed by atoms with van der Waals surface area (Å²) in [6.07, 6.45) is 1.63. The number of hydrogen-bond donors (Lipinski definition) is 2. The topological polar surface area (TPSA) is 41.1 Å². The molecule has 92 valence electrons. The van der Waals surface area contributed by atoms with Gasteiger partial charge in [-0.2, -0.15) is 0 Å². The van der Waals surface area contributed by atoms with Crippen LogP contribution in [0.2, 0.25) is 0 Å². The molecule has 1 atom stereocenters. The van der Waals surface area contributed by atoms with E-state index < -0.39 is 4.33 Å². The number of para-hydroxylation sites is 1. The van der Waals surface area contributed by atoms with E-state index in [9.17, 15) is 4.79 Å². The molecule has 2 rings (SSSR count). The van der Waals surface area contributed by atoms with Gasteiger partial charge in [-0.1, -0.05) is 18.2 Å². The molecule has 1 fully saturated rings. The summed E-state index contributed by atoms with van der Waals surface area (Å²) in [6.45, 7) is 0.588. The van der Waals surface area contributed by atoms with Gasteiger partial charge in [-0.05, 0) is 30.9 Å². The lowest BCUT2D eigenvalue weighted by Gasteiger charge is -2.07. The van der Waals surface area contributed by atoms with Crippen LogP contribution < -0.4 is 10.6 Å². The Morgan fingerprint density at radius 3 is 2.59 bits per heavy atom. The van der Waals surface area contributed by atoms with Crippen LogP contribution in [-0.2, 0) is 0 Å². The first-order valence-electron chi connectivity index (χ1n) is 5.56. The largest absolute Gasteiger partial charge is 0.338 e. The zero-order valence-corrected chi connectivity index (χ0v) is 10.8. The van der Waals surface area contributed by atoms with Crippen molar-refractivity contribution in [3.63, 3.8) is 0 Å². The SMILES string of the molecule is O=C(NCC[C@H]1CC1(Cl)Cl)Nc1ccccc1. The highest BCUT2D eigenvalue weighted by atomic mass is 35.5. The van der Waals surface area contributed by atoms with E-state index in [4.69, 9.17) is 23.2 Å². The molecule has 5 heteroatoms. The zero-order valence-electron chi connectivity index (χ0n) is 9.25. The summed E-state index contributed by atoms with van der Waals surface area (Å²) in [5.41, 5.74) is 0.778. The Bertz CT molecular complexity index is 395. The predicted octanol–water partition coefficient (Wildman–Crippen LogP) is 3.39. The summed E-state index contributed by atoms with van der Waals surface area (Å²) in [7, 11) is 0. The molecule has 3 nitrogen and oxygen atoms in total. The van der Waals surface area contributed by atoms with Crippen LogP contribution in [0.15, 0.2) is 30.3 Å².